The Morgan fingerprint density at radius 2 is 2.09 bits per heavy atom. The monoisotopic (exact) mass is 162 g/mol. The molecule has 0 rings (SSSR count). The van der Waals surface area contributed by atoms with Gasteiger partial charge in [-0.1, -0.05) is 6.92 Å². The van der Waals surface area contributed by atoms with Gasteiger partial charge in [0, 0.05) is 6.61 Å². The standard InChI is InChI=1S/C7H14O4/c1-5(7(10)11)4-6(9)2-3-8/h5-6,8-9H,2-4H2,1H3,(H,10,11). The van der Waals surface area contributed by atoms with Crippen LogP contribution in [0, 0.1) is 5.92 Å². The molecule has 0 aliphatic carbocycles. The Hall–Kier alpha value is -0.610. The number of rotatable bonds is 5. The van der Waals surface area contributed by atoms with Gasteiger partial charge < -0.3 is 15.3 Å². The lowest BCUT2D eigenvalue weighted by Crippen LogP contribution is -2.18. The smallest absolute Gasteiger partial charge is 0.306 e. The predicted octanol–water partition coefficient (Wildman–Crippen LogP) is -0.160. The minimum atomic E-state index is -0.915. The predicted molar refractivity (Wildman–Crippen MR) is 39.1 cm³/mol. The molecule has 0 saturated carbocycles. The maximum Gasteiger partial charge on any atom is 0.306 e. The van der Waals surface area contributed by atoms with Crippen molar-refractivity contribution in [2.75, 3.05) is 6.61 Å². The van der Waals surface area contributed by atoms with Crippen molar-refractivity contribution in [2.45, 2.75) is 25.9 Å². The molecule has 0 aliphatic heterocycles. The SMILES string of the molecule is CC(CC(O)CCO)C(=O)O. The van der Waals surface area contributed by atoms with Gasteiger partial charge in [0.05, 0.1) is 12.0 Å². The molecule has 0 spiro atoms. The van der Waals surface area contributed by atoms with E-state index in [-0.39, 0.29) is 19.4 Å². The Balaban J connectivity index is 3.56. The van der Waals surface area contributed by atoms with E-state index in [2.05, 4.69) is 0 Å². The van der Waals surface area contributed by atoms with Crippen LogP contribution in [0.1, 0.15) is 19.8 Å². The zero-order chi connectivity index (χ0) is 8.85. The molecule has 0 amide bonds. The Morgan fingerprint density at radius 1 is 1.55 bits per heavy atom. The fraction of sp³-hybridized carbons (Fsp3) is 0.857. The van der Waals surface area contributed by atoms with E-state index in [1.807, 2.05) is 0 Å². The van der Waals surface area contributed by atoms with Gasteiger partial charge in [-0.15, -0.1) is 0 Å². The molecule has 0 aromatic carbocycles. The van der Waals surface area contributed by atoms with E-state index in [0.717, 1.165) is 0 Å². The highest BCUT2D eigenvalue weighted by Gasteiger charge is 2.15. The van der Waals surface area contributed by atoms with Crippen molar-refractivity contribution in [1.82, 2.24) is 0 Å². The highest BCUT2D eigenvalue weighted by Crippen LogP contribution is 2.08. The number of hydrogen-bond acceptors (Lipinski definition) is 3. The Bertz CT molecular complexity index is 124. The first-order valence-electron chi connectivity index (χ1n) is 3.59. The zero-order valence-corrected chi connectivity index (χ0v) is 6.53. The molecule has 0 fully saturated rings. The molecule has 4 nitrogen and oxygen atoms in total. The molecule has 0 aromatic rings. The van der Waals surface area contributed by atoms with E-state index in [0.29, 0.717) is 0 Å². The molecule has 4 heteroatoms. The van der Waals surface area contributed by atoms with Crippen molar-refractivity contribution in [3.63, 3.8) is 0 Å². The van der Waals surface area contributed by atoms with E-state index in [4.69, 9.17) is 15.3 Å². The fourth-order valence-electron chi connectivity index (χ4n) is 0.776. The summed E-state index contributed by atoms with van der Waals surface area (Å²) < 4.78 is 0. The Morgan fingerprint density at radius 3 is 2.45 bits per heavy atom. The van der Waals surface area contributed by atoms with Crippen molar-refractivity contribution in [1.29, 1.82) is 0 Å². The van der Waals surface area contributed by atoms with Crippen LogP contribution >= 0.6 is 0 Å². The summed E-state index contributed by atoms with van der Waals surface area (Å²) in [6.45, 7) is 1.43. The lowest BCUT2D eigenvalue weighted by molar-refractivity contribution is -0.142. The summed E-state index contributed by atoms with van der Waals surface area (Å²) in [6, 6.07) is 0. The maximum atomic E-state index is 10.3. The summed E-state index contributed by atoms with van der Waals surface area (Å²) in [5.41, 5.74) is 0. The van der Waals surface area contributed by atoms with Gasteiger partial charge in [-0.2, -0.15) is 0 Å². The van der Waals surface area contributed by atoms with E-state index >= 15 is 0 Å². The van der Waals surface area contributed by atoms with Gasteiger partial charge >= 0.3 is 5.97 Å². The van der Waals surface area contributed by atoms with Crippen LogP contribution in [0.5, 0.6) is 0 Å². The lowest BCUT2D eigenvalue weighted by atomic mass is 10.0. The third-order valence-electron chi connectivity index (χ3n) is 1.51. The van der Waals surface area contributed by atoms with Crippen LogP contribution in [0.4, 0.5) is 0 Å². The van der Waals surface area contributed by atoms with Crippen LogP contribution in [-0.4, -0.2) is 34.0 Å². The van der Waals surface area contributed by atoms with Crippen molar-refractivity contribution < 1.29 is 20.1 Å². The summed E-state index contributed by atoms with van der Waals surface area (Å²) in [5.74, 6) is -1.46. The average molecular weight is 162 g/mol. The number of aliphatic hydroxyl groups is 2. The Kier molecular flexibility index (Phi) is 4.81. The van der Waals surface area contributed by atoms with E-state index in [9.17, 15) is 4.79 Å². The first-order chi connectivity index (χ1) is 5.07. The molecule has 2 unspecified atom stereocenters. The van der Waals surface area contributed by atoms with E-state index in [1.54, 1.807) is 0 Å². The number of carboxylic acid groups (broad SMARTS) is 1. The molecule has 0 radical (unpaired) electrons. The van der Waals surface area contributed by atoms with Gasteiger partial charge in [0.1, 0.15) is 0 Å². The second-order valence-corrected chi connectivity index (χ2v) is 2.64. The number of aliphatic carboxylic acids is 1. The van der Waals surface area contributed by atoms with Crippen molar-refractivity contribution in [3.05, 3.63) is 0 Å². The first kappa shape index (κ1) is 10.4. The topological polar surface area (TPSA) is 77.8 Å². The molecule has 0 bridgehead atoms. The minimum absolute atomic E-state index is 0.104. The summed E-state index contributed by atoms with van der Waals surface area (Å²) in [7, 11) is 0. The van der Waals surface area contributed by atoms with Crippen LogP contribution < -0.4 is 0 Å². The van der Waals surface area contributed by atoms with Gasteiger partial charge in [0.15, 0.2) is 0 Å². The second-order valence-electron chi connectivity index (χ2n) is 2.64. The Labute approximate surface area is 65.5 Å². The van der Waals surface area contributed by atoms with Gasteiger partial charge in [-0.3, -0.25) is 4.79 Å². The number of carboxylic acids is 1. The van der Waals surface area contributed by atoms with Crippen LogP contribution in [0.2, 0.25) is 0 Å². The molecule has 66 valence electrons. The lowest BCUT2D eigenvalue weighted by Gasteiger charge is -2.11. The third-order valence-corrected chi connectivity index (χ3v) is 1.51. The highest BCUT2D eigenvalue weighted by molar-refractivity contribution is 5.69. The van der Waals surface area contributed by atoms with Gasteiger partial charge in [0.2, 0.25) is 0 Å². The van der Waals surface area contributed by atoms with Crippen LogP contribution in [0.15, 0.2) is 0 Å². The molecular weight excluding hydrogens is 148 g/mol. The molecule has 0 aromatic heterocycles. The number of aliphatic hydroxyl groups excluding tert-OH is 2. The minimum Gasteiger partial charge on any atom is -0.481 e. The van der Waals surface area contributed by atoms with Crippen molar-refractivity contribution in [3.8, 4) is 0 Å². The van der Waals surface area contributed by atoms with Crippen molar-refractivity contribution >= 4 is 5.97 Å². The molecule has 0 aliphatic rings. The highest BCUT2D eigenvalue weighted by atomic mass is 16.4. The first-order valence-corrected chi connectivity index (χ1v) is 3.59. The quantitative estimate of drug-likeness (QED) is 0.525. The molecule has 0 heterocycles. The molecular formula is C7H14O4. The van der Waals surface area contributed by atoms with Gasteiger partial charge in [-0.25, -0.2) is 0 Å². The summed E-state index contributed by atoms with van der Waals surface area (Å²) in [5, 5.41) is 25.9. The summed E-state index contributed by atoms with van der Waals surface area (Å²) >= 11 is 0. The number of hydrogen-bond donors (Lipinski definition) is 3. The zero-order valence-electron chi connectivity index (χ0n) is 6.53. The van der Waals surface area contributed by atoms with E-state index < -0.39 is 18.0 Å². The molecule has 2 atom stereocenters. The maximum absolute atomic E-state index is 10.3. The van der Waals surface area contributed by atoms with Crippen LogP contribution in [0.3, 0.4) is 0 Å². The van der Waals surface area contributed by atoms with Crippen LogP contribution in [-0.2, 0) is 4.79 Å². The molecule has 11 heavy (non-hydrogen) atoms. The van der Waals surface area contributed by atoms with Gasteiger partial charge in [-0.05, 0) is 12.8 Å². The summed E-state index contributed by atoms with van der Waals surface area (Å²) in [4.78, 5) is 10.3. The molecule has 3 N–H and O–H groups in total. The van der Waals surface area contributed by atoms with E-state index in [1.165, 1.54) is 6.92 Å². The third kappa shape index (κ3) is 4.75. The number of carbonyl (C=O) groups is 1. The normalized spacial score (nSPS) is 15.9. The van der Waals surface area contributed by atoms with Crippen molar-refractivity contribution in [2.24, 2.45) is 5.92 Å². The molecule has 0 saturated heterocycles. The fourth-order valence-corrected chi connectivity index (χ4v) is 0.776. The summed E-state index contributed by atoms with van der Waals surface area (Å²) in [6.07, 6.45) is -0.251. The largest absolute Gasteiger partial charge is 0.481 e. The van der Waals surface area contributed by atoms with Crippen LogP contribution in [0.25, 0.3) is 0 Å². The second kappa shape index (κ2) is 5.09. The van der Waals surface area contributed by atoms with Gasteiger partial charge in [0.25, 0.3) is 0 Å². The average Bonchev–Trinajstić information content (AvgIpc) is 1.87.